The summed E-state index contributed by atoms with van der Waals surface area (Å²) < 4.78 is 0. The number of benzene rings is 1. The van der Waals surface area contributed by atoms with Crippen molar-refractivity contribution in [1.82, 2.24) is 0 Å². The molecule has 0 aliphatic heterocycles. The van der Waals surface area contributed by atoms with E-state index in [1.54, 1.807) is 11.8 Å². The van der Waals surface area contributed by atoms with Gasteiger partial charge < -0.3 is 5.32 Å². The summed E-state index contributed by atoms with van der Waals surface area (Å²) in [6, 6.07) is 6.62. The quantitative estimate of drug-likeness (QED) is 0.344. The van der Waals surface area contributed by atoms with E-state index in [1.165, 1.54) is 48.9 Å². The van der Waals surface area contributed by atoms with Crippen LogP contribution in [0.5, 0.6) is 0 Å². The first-order valence-corrected chi connectivity index (χ1v) is 8.99. The van der Waals surface area contributed by atoms with E-state index >= 15 is 0 Å². The predicted molar refractivity (Wildman–Crippen MR) is 96.6 cm³/mol. The van der Waals surface area contributed by atoms with Gasteiger partial charge in [0.2, 0.25) is 0 Å². The van der Waals surface area contributed by atoms with Crippen molar-refractivity contribution in [2.75, 3.05) is 17.6 Å². The molecule has 0 saturated heterocycles. The number of anilines is 1. The minimum absolute atomic E-state index is 0.896. The van der Waals surface area contributed by atoms with Crippen molar-refractivity contribution in [3.63, 3.8) is 0 Å². The van der Waals surface area contributed by atoms with Crippen molar-refractivity contribution < 1.29 is 0 Å². The fourth-order valence-corrected chi connectivity index (χ4v) is 3.25. The molecular formula is C18H26N2S. The van der Waals surface area contributed by atoms with E-state index in [0.717, 1.165) is 23.9 Å². The fourth-order valence-electron chi connectivity index (χ4n) is 2.61. The zero-order valence-corrected chi connectivity index (χ0v) is 13.8. The molecule has 1 aromatic rings. The van der Waals surface area contributed by atoms with Gasteiger partial charge in [0.1, 0.15) is 0 Å². The molecule has 114 valence electrons. The Morgan fingerprint density at radius 3 is 3.05 bits per heavy atom. The number of fused-ring (bicyclic) bond motifs is 1. The number of aliphatic imine (C=N–C) groups is 1. The smallest absolute Gasteiger partial charge is 0.161 e. The third-order valence-electron chi connectivity index (χ3n) is 3.74. The molecule has 0 amide bonds. The highest BCUT2D eigenvalue weighted by Crippen LogP contribution is 2.28. The van der Waals surface area contributed by atoms with Crippen molar-refractivity contribution in [2.24, 2.45) is 4.99 Å². The standard InChI is InChI=1S/C18H26N2S/c1-3-5-13-19-18(21-14-4-2)20-17-12-8-10-15-9-6-7-11-16(15)17/h4,8,10,12H,2-3,5-7,9,11,13-14H2,1H3,(H,19,20). The second-order valence-corrected chi connectivity index (χ2v) is 6.42. The van der Waals surface area contributed by atoms with Gasteiger partial charge in [-0.3, -0.25) is 4.99 Å². The molecule has 0 fully saturated rings. The molecule has 0 spiro atoms. The molecule has 1 aliphatic carbocycles. The first-order chi connectivity index (χ1) is 10.3. The maximum Gasteiger partial charge on any atom is 0.161 e. The summed E-state index contributed by atoms with van der Waals surface area (Å²) in [4.78, 5) is 4.72. The van der Waals surface area contributed by atoms with Crippen LogP contribution in [0.15, 0.2) is 35.8 Å². The van der Waals surface area contributed by atoms with Gasteiger partial charge in [-0.2, -0.15) is 0 Å². The molecule has 0 unspecified atom stereocenters. The van der Waals surface area contributed by atoms with E-state index in [-0.39, 0.29) is 0 Å². The molecule has 3 heteroatoms. The third-order valence-corrected chi connectivity index (χ3v) is 4.65. The Morgan fingerprint density at radius 2 is 2.24 bits per heavy atom. The number of nitrogens with zero attached hydrogens (tertiary/aromatic N) is 1. The molecule has 1 aliphatic rings. The Morgan fingerprint density at radius 1 is 1.38 bits per heavy atom. The molecule has 0 saturated carbocycles. The van der Waals surface area contributed by atoms with Gasteiger partial charge in [-0.05, 0) is 49.3 Å². The lowest BCUT2D eigenvalue weighted by Gasteiger charge is -2.20. The summed E-state index contributed by atoms with van der Waals surface area (Å²) in [6.45, 7) is 6.91. The highest BCUT2D eigenvalue weighted by atomic mass is 32.2. The molecule has 0 bridgehead atoms. The average Bonchev–Trinajstić information content (AvgIpc) is 2.53. The van der Waals surface area contributed by atoms with E-state index in [9.17, 15) is 0 Å². The van der Waals surface area contributed by atoms with E-state index < -0.39 is 0 Å². The minimum atomic E-state index is 0.896. The van der Waals surface area contributed by atoms with Crippen LogP contribution in [-0.4, -0.2) is 17.5 Å². The van der Waals surface area contributed by atoms with Gasteiger partial charge in [0.25, 0.3) is 0 Å². The average molecular weight is 302 g/mol. The largest absolute Gasteiger partial charge is 0.335 e. The maximum absolute atomic E-state index is 4.72. The molecule has 0 atom stereocenters. The molecular weight excluding hydrogens is 276 g/mol. The third kappa shape index (κ3) is 4.92. The number of hydrogen-bond donors (Lipinski definition) is 1. The van der Waals surface area contributed by atoms with Crippen LogP contribution in [0.25, 0.3) is 0 Å². The van der Waals surface area contributed by atoms with Crippen molar-refractivity contribution in [2.45, 2.75) is 45.4 Å². The van der Waals surface area contributed by atoms with E-state index in [2.05, 4.69) is 37.0 Å². The van der Waals surface area contributed by atoms with Gasteiger partial charge in [-0.25, -0.2) is 0 Å². The summed E-state index contributed by atoms with van der Waals surface area (Å²) in [6.07, 6.45) is 9.28. The first kappa shape index (κ1) is 16.2. The number of unbranched alkanes of at least 4 members (excludes halogenated alkanes) is 1. The number of thioether (sulfide) groups is 1. The van der Waals surface area contributed by atoms with Crippen LogP contribution in [0.4, 0.5) is 5.69 Å². The minimum Gasteiger partial charge on any atom is -0.335 e. The fraction of sp³-hybridized carbons (Fsp3) is 0.500. The van der Waals surface area contributed by atoms with E-state index in [0.29, 0.717) is 0 Å². The Bertz CT molecular complexity index is 494. The van der Waals surface area contributed by atoms with Gasteiger partial charge >= 0.3 is 0 Å². The lowest BCUT2D eigenvalue weighted by Crippen LogP contribution is -2.13. The van der Waals surface area contributed by atoms with Crippen LogP contribution in [0.3, 0.4) is 0 Å². The molecule has 1 N–H and O–H groups in total. The van der Waals surface area contributed by atoms with Crippen molar-refractivity contribution in [1.29, 1.82) is 0 Å². The molecule has 0 heterocycles. The highest BCUT2D eigenvalue weighted by Gasteiger charge is 2.13. The molecule has 2 rings (SSSR count). The zero-order chi connectivity index (χ0) is 14.9. The van der Waals surface area contributed by atoms with E-state index in [4.69, 9.17) is 4.99 Å². The lowest BCUT2D eigenvalue weighted by molar-refractivity contribution is 0.687. The topological polar surface area (TPSA) is 24.4 Å². The SMILES string of the molecule is C=CCSC(=NCCCC)Nc1cccc2c1CCCC2. The normalized spacial score (nSPS) is 14.6. The van der Waals surface area contributed by atoms with Crippen LogP contribution >= 0.6 is 11.8 Å². The Hall–Kier alpha value is -1.22. The van der Waals surface area contributed by atoms with Gasteiger partial charge in [0, 0.05) is 18.0 Å². The second-order valence-electron chi connectivity index (χ2n) is 5.42. The van der Waals surface area contributed by atoms with Crippen LogP contribution in [0, 0.1) is 0 Å². The number of amidine groups is 1. The van der Waals surface area contributed by atoms with Crippen molar-refractivity contribution in [3.05, 3.63) is 42.0 Å². The molecule has 1 aromatic carbocycles. The molecule has 0 radical (unpaired) electrons. The van der Waals surface area contributed by atoms with Crippen LogP contribution in [0.1, 0.15) is 43.7 Å². The van der Waals surface area contributed by atoms with Crippen LogP contribution in [0.2, 0.25) is 0 Å². The van der Waals surface area contributed by atoms with Crippen molar-refractivity contribution >= 4 is 22.6 Å². The van der Waals surface area contributed by atoms with Crippen LogP contribution < -0.4 is 5.32 Å². The monoisotopic (exact) mass is 302 g/mol. The van der Waals surface area contributed by atoms with Gasteiger partial charge in [-0.1, -0.05) is 43.3 Å². The second kappa shape index (κ2) is 8.93. The first-order valence-electron chi connectivity index (χ1n) is 8.01. The molecule has 21 heavy (non-hydrogen) atoms. The highest BCUT2D eigenvalue weighted by molar-refractivity contribution is 8.14. The van der Waals surface area contributed by atoms with Crippen LogP contribution in [-0.2, 0) is 12.8 Å². The van der Waals surface area contributed by atoms with Gasteiger partial charge in [0.15, 0.2) is 5.17 Å². The molecule has 2 nitrogen and oxygen atoms in total. The van der Waals surface area contributed by atoms with Gasteiger partial charge in [-0.15, -0.1) is 6.58 Å². The molecule has 0 aromatic heterocycles. The maximum atomic E-state index is 4.72. The number of rotatable bonds is 6. The summed E-state index contributed by atoms with van der Waals surface area (Å²) in [7, 11) is 0. The van der Waals surface area contributed by atoms with Crippen molar-refractivity contribution in [3.8, 4) is 0 Å². The summed E-state index contributed by atoms with van der Waals surface area (Å²) in [5.74, 6) is 0.896. The summed E-state index contributed by atoms with van der Waals surface area (Å²) in [5.41, 5.74) is 4.25. The summed E-state index contributed by atoms with van der Waals surface area (Å²) >= 11 is 1.74. The van der Waals surface area contributed by atoms with Gasteiger partial charge in [0.05, 0.1) is 0 Å². The lowest BCUT2D eigenvalue weighted by atomic mass is 9.90. The van der Waals surface area contributed by atoms with E-state index in [1.807, 2.05) is 6.08 Å². The Labute approximate surface area is 133 Å². The number of hydrogen-bond acceptors (Lipinski definition) is 2. The summed E-state index contributed by atoms with van der Waals surface area (Å²) in [5, 5.41) is 4.60. The Balaban J connectivity index is 2.11. The zero-order valence-electron chi connectivity index (χ0n) is 13.0. The Kier molecular flexibility index (Phi) is 6.87. The number of aryl methyl sites for hydroxylation is 1. The predicted octanol–water partition coefficient (Wildman–Crippen LogP) is 5.05. The number of nitrogens with one attached hydrogen (secondary N) is 1.